The second-order valence-electron chi connectivity index (χ2n) is 9.52. The van der Waals surface area contributed by atoms with E-state index in [1.165, 1.54) is 0 Å². The zero-order valence-electron chi connectivity index (χ0n) is 19.4. The third-order valence-electron chi connectivity index (χ3n) is 5.56. The highest BCUT2D eigenvalue weighted by molar-refractivity contribution is 5.81. The number of aryl methyl sites for hydroxylation is 1. The Morgan fingerprint density at radius 3 is 2.65 bits per heavy atom. The van der Waals surface area contributed by atoms with Gasteiger partial charge in [0, 0.05) is 25.3 Å². The van der Waals surface area contributed by atoms with Crippen LogP contribution in [0, 0.1) is 12.8 Å². The second kappa shape index (κ2) is 9.28. The molecule has 3 rings (SSSR count). The van der Waals surface area contributed by atoms with E-state index in [1.807, 2.05) is 35.9 Å². The van der Waals surface area contributed by atoms with Crippen molar-refractivity contribution in [2.45, 2.75) is 66.1 Å². The van der Waals surface area contributed by atoms with E-state index in [2.05, 4.69) is 60.0 Å². The van der Waals surface area contributed by atoms with Crippen LogP contribution in [0.15, 0.2) is 29.1 Å². The highest BCUT2D eigenvalue weighted by Crippen LogP contribution is 2.31. The van der Waals surface area contributed by atoms with Crippen molar-refractivity contribution < 1.29 is 5.11 Å². The summed E-state index contributed by atoms with van der Waals surface area (Å²) < 4.78 is 1.86. The van der Waals surface area contributed by atoms with Crippen LogP contribution in [0.3, 0.4) is 0 Å². The first-order valence-electron chi connectivity index (χ1n) is 10.9. The number of pyridine rings is 1. The van der Waals surface area contributed by atoms with Gasteiger partial charge in [0.2, 0.25) is 0 Å². The van der Waals surface area contributed by atoms with Crippen LogP contribution < -0.4 is 5.56 Å². The van der Waals surface area contributed by atoms with Crippen LogP contribution in [-0.2, 0) is 12.1 Å². The van der Waals surface area contributed by atoms with E-state index in [0.717, 1.165) is 22.3 Å². The van der Waals surface area contributed by atoms with E-state index in [0.29, 0.717) is 25.1 Å². The van der Waals surface area contributed by atoms with E-state index in [9.17, 15) is 9.90 Å². The monoisotopic (exact) mass is 426 g/mol. The standard InChI is InChI=1S/C23H34N6O2/c1-15(2)20(21-25-26-27-29(21)23(4,5)6)28(11-8-12-30)14-18-13-17-10-7-9-16(3)19(17)24-22(18)31/h7,9-10,13,15,20,30H,8,11-12,14H2,1-6H3,(H,24,31). The van der Waals surface area contributed by atoms with Gasteiger partial charge in [-0.1, -0.05) is 32.0 Å². The molecule has 0 aliphatic rings. The van der Waals surface area contributed by atoms with Gasteiger partial charge in [0.15, 0.2) is 5.82 Å². The van der Waals surface area contributed by atoms with Gasteiger partial charge in [-0.05, 0) is 67.5 Å². The van der Waals surface area contributed by atoms with E-state index < -0.39 is 0 Å². The smallest absolute Gasteiger partial charge is 0.252 e. The lowest BCUT2D eigenvalue weighted by molar-refractivity contribution is 0.116. The molecular weight excluding hydrogens is 392 g/mol. The van der Waals surface area contributed by atoms with Gasteiger partial charge in [-0.15, -0.1) is 5.10 Å². The molecule has 31 heavy (non-hydrogen) atoms. The third kappa shape index (κ3) is 5.02. The van der Waals surface area contributed by atoms with Gasteiger partial charge in [0.25, 0.3) is 5.56 Å². The summed E-state index contributed by atoms with van der Waals surface area (Å²) in [5.74, 6) is 0.973. The van der Waals surface area contributed by atoms with Crippen molar-refractivity contribution >= 4 is 10.9 Å². The largest absolute Gasteiger partial charge is 0.396 e. The highest BCUT2D eigenvalue weighted by atomic mass is 16.3. The van der Waals surface area contributed by atoms with Crippen molar-refractivity contribution in [2.75, 3.05) is 13.2 Å². The third-order valence-corrected chi connectivity index (χ3v) is 5.56. The van der Waals surface area contributed by atoms with Crippen molar-refractivity contribution in [3.05, 3.63) is 51.6 Å². The molecule has 0 aliphatic carbocycles. The predicted octanol–water partition coefficient (Wildman–Crippen LogP) is 3.16. The van der Waals surface area contributed by atoms with Crippen LogP contribution in [0.5, 0.6) is 0 Å². The van der Waals surface area contributed by atoms with E-state index in [4.69, 9.17) is 0 Å². The maximum Gasteiger partial charge on any atom is 0.252 e. The number of hydrogen-bond donors (Lipinski definition) is 2. The number of aromatic nitrogens is 5. The minimum Gasteiger partial charge on any atom is -0.396 e. The topological polar surface area (TPSA) is 99.9 Å². The first kappa shape index (κ1) is 23.1. The van der Waals surface area contributed by atoms with Crippen molar-refractivity contribution in [1.29, 1.82) is 0 Å². The number of rotatable bonds is 8. The van der Waals surface area contributed by atoms with Gasteiger partial charge in [-0.3, -0.25) is 9.69 Å². The number of nitrogens with zero attached hydrogens (tertiary/aromatic N) is 5. The zero-order valence-corrected chi connectivity index (χ0v) is 19.4. The Labute approximate surface area is 183 Å². The highest BCUT2D eigenvalue weighted by Gasteiger charge is 2.32. The number of H-pyrrole nitrogens is 1. The van der Waals surface area contributed by atoms with Gasteiger partial charge >= 0.3 is 0 Å². The number of nitrogens with one attached hydrogen (secondary N) is 1. The molecule has 8 nitrogen and oxygen atoms in total. The molecule has 2 heterocycles. The molecule has 1 aromatic carbocycles. The average Bonchev–Trinajstić information content (AvgIpc) is 3.17. The van der Waals surface area contributed by atoms with Crippen LogP contribution >= 0.6 is 0 Å². The summed E-state index contributed by atoms with van der Waals surface area (Å²) in [5.41, 5.74) is 2.25. The fourth-order valence-corrected chi connectivity index (χ4v) is 4.09. The molecule has 0 saturated carbocycles. The second-order valence-corrected chi connectivity index (χ2v) is 9.52. The summed E-state index contributed by atoms with van der Waals surface area (Å²) in [4.78, 5) is 18.2. The molecule has 0 saturated heterocycles. The van der Waals surface area contributed by atoms with Crippen molar-refractivity contribution in [1.82, 2.24) is 30.1 Å². The summed E-state index contributed by atoms with van der Waals surface area (Å²) in [5, 5.41) is 23.1. The molecule has 0 radical (unpaired) electrons. The Morgan fingerprint density at radius 1 is 1.26 bits per heavy atom. The molecule has 0 spiro atoms. The number of tetrazole rings is 1. The maximum absolute atomic E-state index is 12.9. The Bertz CT molecular complexity index is 1080. The molecule has 0 amide bonds. The van der Waals surface area contributed by atoms with Crippen molar-refractivity contribution in [3.63, 3.8) is 0 Å². The van der Waals surface area contributed by atoms with E-state index in [1.54, 1.807) is 0 Å². The Balaban J connectivity index is 2.05. The maximum atomic E-state index is 12.9. The van der Waals surface area contributed by atoms with Gasteiger partial charge in [-0.2, -0.15) is 0 Å². The van der Waals surface area contributed by atoms with Gasteiger partial charge < -0.3 is 10.1 Å². The van der Waals surface area contributed by atoms with Crippen LogP contribution in [0.2, 0.25) is 0 Å². The number of aliphatic hydroxyl groups excluding tert-OH is 1. The normalized spacial score (nSPS) is 13.5. The molecule has 168 valence electrons. The van der Waals surface area contributed by atoms with Crippen LogP contribution in [-0.4, -0.2) is 48.3 Å². The Hall–Kier alpha value is -2.58. The lowest BCUT2D eigenvalue weighted by Crippen LogP contribution is -2.38. The summed E-state index contributed by atoms with van der Waals surface area (Å²) in [7, 11) is 0. The SMILES string of the molecule is Cc1cccc2cc(CN(CCCO)C(c3nnnn3C(C)(C)C)C(C)C)c(=O)[nH]c12. The van der Waals surface area contributed by atoms with E-state index >= 15 is 0 Å². The van der Waals surface area contributed by atoms with Gasteiger partial charge in [-0.25, -0.2) is 4.68 Å². The Kier molecular flexibility index (Phi) is 6.91. The molecular formula is C23H34N6O2. The first-order chi connectivity index (χ1) is 14.6. The average molecular weight is 427 g/mol. The Morgan fingerprint density at radius 2 is 2.00 bits per heavy atom. The van der Waals surface area contributed by atoms with Crippen molar-refractivity contribution in [3.8, 4) is 0 Å². The van der Waals surface area contributed by atoms with E-state index in [-0.39, 0.29) is 29.7 Å². The summed E-state index contributed by atoms with van der Waals surface area (Å²) in [6.07, 6.45) is 0.602. The summed E-state index contributed by atoms with van der Waals surface area (Å²) >= 11 is 0. The minimum atomic E-state index is -0.271. The fraction of sp³-hybridized carbons (Fsp3) is 0.565. The molecule has 0 aliphatic heterocycles. The molecule has 1 unspecified atom stereocenters. The minimum absolute atomic E-state index is 0.0821. The molecule has 2 N–H and O–H groups in total. The molecule has 8 heteroatoms. The lowest BCUT2D eigenvalue weighted by Gasteiger charge is -2.35. The number of aromatic amines is 1. The van der Waals surface area contributed by atoms with Crippen LogP contribution in [0.1, 0.15) is 64.0 Å². The van der Waals surface area contributed by atoms with Crippen molar-refractivity contribution in [2.24, 2.45) is 5.92 Å². The number of fused-ring (bicyclic) bond motifs is 1. The zero-order chi connectivity index (χ0) is 22.8. The molecule has 0 fully saturated rings. The van der Waals surface area contributed by atoms with Crippen LogP contribution in [0.25, 0.3) is 10.9 Å². The summed E-state index contributed by atoms with van der Waals surface area (Å²) in [6.45, 7) is 13.6. The number of hydrogen-bond acceptors (Lipinski definition) is 6. The quantitative estimate of drug-likeness (QED) is 0.574. The molecule has 2 aromatic heterocycles. The number of benzene rings is 1. The molecule has 0 bridgehead atoms. The van der Waals surface area contributed by atoms with Gasteiger partial charge in [0.05, 0.1) is 17.1 Å². The number of aliphatic hydroxyl groups is 1. The predicted molar refractivity (Wildman–Crippen MR) is 122 cm³/mol. The van der Waals surface area contributed by atoms with Gasteiger partial charge in [0.1, 0.15) is 0 Å². The molecule has 1 atom stereocenters. The first-order valence-corrected chi connectivity index (χ1v) is 10.9. The van der Waals surface area contributed by atoms with Crippen LogP contribution in [0.4, 0.5) is 0 Å². The lowest BCUT2D eigenvalue weighted by atomic mass is 9.98. The summed E-state index contributed by atoms with van der Waals surface area (Å²) in [6, 6.07) is 7.87. The number of para-hydroxylation sites is 1. The fourth-order valence-electron chi connectivity index (χ4n) is 4.09. The molecule has 3 aromatic rings.